The van der Waals surface area contributed by atoms with Gasteiger partial charge in [0.1, 0.15) is 5.75 Å². The Morgan fingerprint density at radius 3 is 2.34 bits per heavy atom. The molecule has 0 saturated carbocycles. The van der Waals surface area contributed by atoms with Crippen LogP contribution in [0.3, 0.4) is 0 Å². The summed E-state index contributed by atoms with van der Waals surface area (Å²) in [5, 5.41) is 8.98. The predicted octanol–water partition coefficient (Wildman–Crippen LogP) is 5.95. The van der Waals surface area contributed by atoms with Gasteiger partial charge in [-0.25, -0.2) is 9.97 Å². The fourth-order valence-corrected chi connectivity index (χ4v) is 2.96. The van der Waals surface area contributed by atoms with Gasteiger partial charge < -0.3 is 9.47 Å². The van der Waals surface area contributed by atoms with Crippen molar-refractivity contribution in [3.05, 3.63) is 42.2 Å². The number of nitriles is 1. The van der Waals surface area contributed by atoms with E-state index in [1.54, 1.807) is 0 Å². The van der Waals surface area contributed by atoms with E-state index in [0.29, 0.717) is 19.0 Å². The fraction of sp³-hybridized carbons (Fsp3) is 0.542. The summed E-state index contributed by atoms with van der Waals surface area (Å²) in [5.41, 5.74) is 1.94. The smallest absolute Gasteiger partial charge is 0.159 e. The highest BCUT2D eigenvalue weighted by atomic mass is 16.5. The predicted molar refractivity (Wildman–Crippen MR) is 115 cm³/mol. The number of nitrogens with zero attached hydrogens (tertiary/aromatic N) is 3. The van der Waals surface area contributed by atoms with Crippen LogP contribution in [0.4, 0.5) is 0 Å². The first-order valence-corrected chi connectivity index (χ1v) is 10.8. The van der Waals surface area contributed by atoms with Crippen molar-refractivity contribution in [2.45, 2.75) is 65.4 Å². The van der Waals surface area contributed by atoms with Crippen LogP contribution in [0.15, 0.2) is 36.7 Å². The average Bonchev–Trinajstić information content (AvgIpc) is 2.77. The summed E-state index contributed by atoms with van der Waals surface area (Å²) in [6, 6.07) is 10.0. The molecule has 5 nitrogen and oxygen atoms in total. The van der Waals surface area contributed by atoms with Gasteiger partial charge in [-0.15, -0.1) is 0 Å². The third-order valence-corrected chi connectivity index (χ3v) is 4.89. The molecule has 1 heterocycles. The van der Waals surface area contributed by atoms with Crippen molar-refractivity contribution in [3.8, 4) is 23.2 Å². The Hall–Kier alpha value is -2.45. The first kappa shape index (κ1) is 22.8. The highest BCUT2D eigenvalue weighted by molar-refractivity contribution is 5.55. The monoisotopic (exact) mass is 395 g/mol. The van der Waals surface area contributed by atoms with Crippen LogP contribution in [0.1, 0.15) is 64.4 Å². The first-order valence-electron chi connectivity index (χ1n) is 10.8. The maximum Gasteiger partial charge on any atom is 0.159 e. The van der Waals surface area contributed by atoms with Gasteiger partial charge >= 0.3 is 0 Å². The quantitative estimate of drug-likeness (QED) is 0.370. The van der Waals surface area contributed by atoms with E-state index in [1.165, 1.54) is 25.7 Å². The SMILES string of the molecule is CCCCCCCOCc1cnc(-c2ccc(OCCC(C#N)CC)cc2)nc1. The summed E-state index contributed by atoms with van der Waals surface area (Å²) in [7, 11) is 0. The van der Waals surface area contributed by atoms with Gasteiger partial charge in [-0.2, -0.15) is 5.26 Å². The Labute approximate surface area is 175 Å². The molecule has 2 aromatic rings. The highest BCUT2D eigenvalue weighted by Crippen LogP contribution is 2.20. The summed E-state index contributed by atoms with van der Waals surface area (Å²) in [6.45, 7) is 6.15. The van der Waals surface area contributed by atoms with E-state index in [4.69, 9.17) is 14.7 Å². The normalized spacial score (nSPS) is 11.8. The standard InChI is InChI=1S/C24H33N3O2/c1-3-5-6-7-8-14-28-19-21-17-26-24(27-18-21)22-9-11-23(12-10-22)29-15-13-20(4-2)16-25/h9-12,17-18,20H,3-8,13-15,19H2,1-2H3. The average molecular weight is 396 g/mol. The van der Waals surface area contributed by atoms with Crippen molar-refractivity contribution in [3.63, 3.8) is 0 Å². The second-order valence-corrected chi connectivity index (χ2v) is 7.28. The molecule has 0 aliphatic rings. The summed E-state index contributed by atoms with van der Waals surface area (Å²) in [5.74, 6) is 1.55. The Kier molecular flexibility index (Phi) is 10.8. The van der Waals surface area contributed by atoms with E-state index in [-0.39, 0.29) is 5.92 Å². The molecule has 0 N–H and O–H groups in total. The van der Waals surface area contributed by atoms with E-state index < -0.39 is 0 Å². The zero-order valence-electron chi connectivity index (χ0n) is 17.8. The maximum atomic E-state index is 8.98. The molecule has 1 unspecified atom stereocenters. The van der Waals surface area contributed by atoms with Crippen molar-refractivity contribution >= 4 is 0 Å². The van der Waals surface area contributed by atoms with Crippen molar-refractivity contribution < 1.29 is 9.47 Å². The van der Waals surface area contributed by atoms with Gasteiger partial charge in [0.15, 0.2) is 5.82 Å². The number of benzene rings is 1. The Morgan fingerprint density at radius 2 is 1.69 bits per heavy atom. The van der Waals surface area contributed by atoms with Crippen molar-refractivity contribution in [1.29, 1.82) is 5.26 Å². The molecule has 1 aromatic carbocycles. The molecule has 0 fully saturated rings. The maximum absolute atomic E-state index is 8.98. The molecule has 0 saturated heterocycles. The summed E-state index contributed by atoms with van der Waals surface area (Å²) < 4.78 is 11.4. The number of hydrogen-bond donors (Lipinski definition) is 0. The third kappa shape index (κ3) is 8.62. The summed E-state index contributed by atoms with van der Waals surface area (Å²) >= 11 is 0. The molecule has 0 bridgehead atoms. The van der Waals surface area contributed by atoms with Crippen molar-refractivity contribution in [2.24, 2.45) is 5.92 Å². The Morgan fingerprint density at radius 1 is 0.966 bits per heavy atom. The highest BCUT2D eigenvalue weighted by Gasteiger charge is 2.06. The molecule has 0 radical (unpaired) electrons. The first-order chi connectivity index (χ1) is 14.3. The lowest BCUT2D eigenvalue weighted by Crippen LogP contribution is -2.04. The molecular formula is C24H33N3O2. The van der Waals surface area contributed by atoms with Gasteiger partial charge in [0.25, 0.3) is 0 Å². The summed E-state index contributed by atoms with van der Waals surface area (Å²) in [6.07, 6.45) is 11.5. The number of aromatic nitrogens is 2. The second kappa shape index (κ2) is 13.7. The van der Waals surface area contributed by atoms with Crippen LogP contribution in [0.25, 0.3) is 11.4 Å². The van der Waals surface area contributed by atoms with Gasteiger partial charge in [0, 0.05) is 36.0 Å². The Balaban J connectivity index is 1.74. The minimum absolute atomic E-state index is 0.0613. The van der Waals surface area contributed by atoms with Gasteiger partial charge in [-0.05, 0) is 43.5 Å². The molecular weight excluding hydrogens is 362 g/mol. The lowest BCUT2D eigenvalue weighted by molar-refractivity contribution is 0.116. The minimum atomic E-state index is 0.0613. The molecule has 5 heteroatoms. The lowest BCUT2D eigenvalue weighted by Gasteiger charge is -2.09. The van der Waals surface area contributed by atoms with Crippen LogP contribution in [-0.4, -0.2) is 23.2 Å². The molecule has 156 valence electrons. The van der Waals surface area contributed by atoms with Crippen LogP contribution in [0.2, 0.25) is 0 Å². The van der Waals surface area contributed by atoms with Crippen molar-refractivity contribution in [2.75, 3.05) is 13.2 Å². The van der Waals surface area contributed by atoms with Crippen LogP contribution in [0, 0.1) is 17.2 Å². The number of unbranched alkanes of at least 4 members (excludes halogenated alkanes) is 4. The van der Waals surface area contributed by atoms with E-state index in [2.05, 4.69) is 23.0 Å². The minimum Gasteiger partial charge on any atom is -0.494 e. The van der Waals surface area contributed by atoms with Gasteiger partial charge in [-0.1, -0.05) is 39.5 Å². The number of ether oxygens (including phenoxy) is 2. The molecule has 0 amide bonds. The topological polar surface area (TPSA) is 68.0 Å². The van der Waals surface area contributed by atoms with E-state index >= 15 is 0 Å². The zero-order chi connectivity index (χ0) is 20.7. The fourth-order valence-electron chi connectivity index (χ4n) is 2.96. The van der Waals surface area contributed by atoms with Crippen molar-refractivity contribution in [1.82, 2.24) is 9.97 Å². The van der Waals surface area contributed by atoms with E-state index in [1.807, 2.05) is 43.6 Å². The van der Waals surface area contributed by atoms with Gasteiger partial charge in [0.05, 0.1) is 19.3 Å². The van der Waals surface area contributed by atoms with Gasteiger partial charge in [-0.3, -0.25) is 0 Å². The van der Waals surface area contributed by atoms with E-state index in [0.717, 1.165) is 42.7 Å². The molecule has 2 rings (SSSR count). The number of hydrogen-bond acceptors (Lipinski definition) is 5. The number of rotatable bonds is 14. The Bertz CT molecular complexity index is 723. The van der Waals surface area contributed by atoms with Crippen LogP contribution in [0.5, 0.6) is 5.75 Å². The molecule has 0 spiro atoms. The second-order valence-electron chi connectivity index (χ2n) is 7.28. The largest absolute Gasteiger partial charge is 0.494 e. The lowest BCUT2D eigenvalue weighted by atomic mass is 10.1. The summed E-state index contributed by atoms with van der Waals surface area (Å²) in [4.78, 5) is 8.92. The van der Waals surface area contributed by atoms with E-state index in [9.17, 15) is 0 Å². The molecule has 1 aromatic heterocycles. The van der Waals surface area contributed by atoms with Gasteiger partial charge in [0.2, 0.25) is 0 Å². The molecule has 0 aliphatic carbocycles. The molecule has 1 atom stereocenters. The van der Waals surface area contributed by atoms with Crippen LogP contribution >= 0.6 is 0 Å². The third-order valence-electron chi connectivity index (χ3n) is 4.89. The molecule has 0 aliphatic heterocycles. The zero-order valence-corrected chi connectivity index (χ0v) is 17.8. The van der Waals surface area contributed by atoms with Crippen LogP contribution < -0.4 is 4.74 Å². The van der Waals surface area contributed by atoms with Crippen LogP contribution in [-0.2, 0) is 11.3 Å². The molecule has 29 heavy (non-hydrogen) atoms.